The van der Waals surface area contributed by atoms with Gasteiger partial charge in [0.05, 0.1) is 0 Å². The molecule has 0 spiro atoms. The molecule has 0 aliphatic carbocycles. The van der Waals surface area contributed by atoms with Gasteiger partial charge >= 0.3 is 0 Å². The number of nitrogens with zero attached hydrogens (tertiary/aromatic N) is 1. The third-order valence-electron chi connectivity index (χ3n) is 2.59. The minimum absolute atomic E-state index is 0.197. The third kappa shape index (κ3) is 1.81. The van der Waals surface area contributed by atoms with Crippen LogP contribution in [0.4, 0.5) is 0 Å². The Balaban J connectivity index is 2.19. The molecule has 1 fully saturated rings. The van der Waals surface area contributed by atoms with Crippen LogP contribution in [0.1, 0.15) is 23.8 Å². The van der Waals surface area contributed by atoms with Gasteiger partial charge in [-0.05, 0) is 37.4 Å². The second kappa shape index (κ2) is 4.11. The molecule has 0 saturated carbocycles. The largest absolute Gasteiger partial charge is 0.368 e. The smallest absolute Gasteiger partial charge is 0.240 e. The van der Waals surface area contributed by atoms with Crippen LogP contribution < -0.4 is 5.73 Å². The molecule has 2 N–H and O–H groups in total. The quantitative estimate of drug-likeness (QED) is 0.819. The highest BCUT2D eigenvalue weighted by molar-refractivity contribution is 7.10. The number of carbonyl (C=O) groups excluding carboxylic acids is 1. The van der Waals surface area contributed by atoms with Crippen LogP contribution in [0.5, 0.6) is 0 Å². The van der Waals surface area contributed by atoms with Crippen molar-refractivity contribution in [3.05, 3.63) is 22.4 Å². The summed E-state index contributed by atoms with van der Waals surface area (Å²) in [5.74, 6) is -0.227. The first kappa shape index (κ1) is 9.68. The van der Waals surface area contributed by atoms with Crippen LogP contribution >= 0.6 is 11.3 Å². The lowest BCUT2D eigenvalue weighted by molar-refractivity contribution is -0.123. The minimum atomic E-state index is -0.227. The van der Waals surface area contributed by atoms with E-state index < -0.39 is 0 Å². The normalized spacial score (nSPS) is 19.7. The van der Waals surface area contributed by atoms with E-state index in [2.05, 4.69) is 4.90 Å². The molecule has 2 rings (SSSR count). The predicted molar refractivity (Wildman–Crippen MR) is 57.1 cm³/mol. The number of primary amides is 1. The Morgan fingerprint density at radius 1 is 1.50 bits per heavy atom. The van der Waals surface area contributed by atoms with Gasteiger partial charge in [-0.2, -0.15) is 0 Å². The molecule has 0 aromatic carbocycles. The molecule has 2 heterocycles. The monoisotopic (exact) mass is 210 g/mol. The number of thiophene rings is 1. The number of rotatable bonds is 3. The fourth-order valence-electron chi connectivity index (χ4n) is 1.95. The summed E-state index contributed by atoms with van der Waals surface area (Å²) >= 11 is 1.60. The minimum Gasteiger partial charge on any atom is -0.368 e. The zero-order chi connectivity index (χ0) is 9.97. The van der Waals surface area contributed by atoms with Crippen LogP contribution in [0.25, 0.3) is 0 Å². The lowest BCUT2D eigenvalue weighted by Gasteiger charge is -2.23. The van der Waals surface area contributed by atoms with Gasteiger partial charge in [0.25, 0.3) is 0 Å². The van der Waals surface area contributed by atoms with Crippen LogP contribution in [0, 0.1) is 0 Å². The number of hydrogen-bond donors (Lipinski definition) is 1. The molecule has 76 valence electrons. The fourth-order valence-corrected chi connectivity index (χ4v) is 2.81. The molecule has 1 saturated heterocycles. The van der Waals surface area contributed by atoms with Gasteiger partial charge in [-0.3, -0.25) is 9.69 Å². The van der Waals surface area contributed by atoms with Crippen molar-refractivity contribution in [3.8, 4) is 0 Å². The maximum atomic E-state index is 11.4. The number of amides is 1. The molecular weight excluding hydrogens is 196 g/mol. The Labute approximate surface area is 87.5 Å². The summed E-state index contributed by atoms with van der Waals surface area (Å²) in [7, 11) is 0. The molecule has 0 bridgehead atoms. The van der Waals surface area contributed by atoms with Crippen molar-refractivity contribution >= 4 is 17.2 Å². The summed E-state index contributed by atoms with van der Waals surface area (Å²) in [4.78, 5) is 14.6. The Hall–Kier alpha value is -0.870. The summed E-state index contributed by atoms with van der Waals surface area (Å²) in [6.45, 7) is 1.98. The maximum absolute atomic E-state index is 11.4. The molecule has 1 atom stereocenters. The molecule has 3 nitrogen and oxygen atoms in total. The standard InChI is InChI=1S/C10H14N2OS/c11-10(13)9(8-4-3-7-14-8)12-5-1-2-6-12/h3-4,7,9H,1-2,5-6H2,(H2,11,13). The van der Waals surface area contributed by atoms with E-state index in [0.29, 0.717) is 0 Å². The van der Waals surface area contributed by atoms with E-state index in [1.165, 1.54) is 12.8 Å². The highest BCUT2D eigenvalue weighted by atomic mass is 32.1. The Morgan fingerprint density at radius 2 is 2.21 bits per heavy atom. The van der Waals surface area contributed by atoms with E-state index in [0.717, 1.165) is 18.0 Å². The van der Waals surface area contributed by atoms with Gasteiger partial charge in [-0.25, -0.2) is 0 Å². The van der Waals surface area contributed by atoms with Gasteiger partial charge in [0, 0.05) is 4.88 Å². The van der Waals surface area contributed by atoms with Crippen molar-refractivity contribution in [1.82, 2.24) is 4.90 Å². The molecule has 1 unspecified atom stereocenters. The third-order valence-corrected chi connectivity index (χ3v) is 3.51. The van der Waals surface area contributed by atoms with Crippen molar-refractivity contribution in [2.24, 2.45) is 5.73 Å². The first-order valence-corrected chi connectivity index (χ1v) is 5.74. The zero-order valence-corrected chi connectivity index (χ0v) is 8.80. The maximum Gasteiger partial charge on any atom is 0.240 e. The summed E-state index contributed by atoms with van der Waals surface area (Å²) < 4.78 is 0. The van der Waals surface area contributed by atoms with Crippen LogP contribution in [0.15, 0.2) is 17.5 Å². The summed E-state index contributed by atoms with van der Waals surface area (Å²) in [6.07, 6.45) is 2.35. The van der Waals surface area contributed by atoms with Crippen LogP contribution in [0.3, 0.4) is 0 Å². The fraction of sp³-hybridized carbons (Fsp3) is 0.500. The number of nitrogens with two attached hydrogens (primary N) is 1. The van der Waals surface area contributed by atoms with Gasteiger partial charge in [-0.15, -0.1) is 11.3 Å². The van der Waals surface area contributed by atoms with E-state index in [4.69, 9.17) is 5.73 Å². The van der Waals surface area contributed by atoms with Crippen molar-refractivity contribution < 1.29 is 4.79 Å². The van der Waals surface area contributed by atoms with Crippen molar-refractivity contribution in [3.63, 3.8) is 0 Å². The Bertz CT molecular complexity index is 304. The van der Waals surface area contributed by atoms with Gasteiger partial charge < -0.3 is 5.73 Å². The molecule has 0 radical (unpaired) electrons. The highest BCUT2D eigenvalue weighted by Crippen LogP contribution is 2.27. The lowest BCUT2D eigenvalue weighted by atomic mass is 10.2. The van der Waals surface area contributed by atoms with Gasteiger partial charge in [0.2, 0.25) is 5.91 Å². The Morgan fingerprint density at radius 3 is 2.71 bits per heavy atom. The second-order valence-electron chi connectivity index (χ2n) is 3.56. The summed E-state index contributed by atoms with van der Waals surface area (Å²) in [6, 6.07) is 3.75. The zero-order valence-electron chi connectivity index (χ0n) is 7.98. The van der Waals surface area contributed by atoms with E-state index >= 15 is 0 Å². The first-order valence-electron chi connectivity index (χ1n) is 4.86. The number of carbonyl (C=O) groups is 1. The molecule has 1 aromatic rings. The van der Waals surface area contributed by atoms with Crippen molar-refractivity contribution in [1.29, 1.82) is 0 Å². The molecule has 1 amide bonds. The molecule has 4 heteroatoms. The van der Waals surface area contributed by atoms with E-state index in [1.807, 2.05) is 17.5 Å². The summed E-state index contributed by atoms with van der Waals surface area (Å²) in [5, 5.41) is 1.99. The molecule has 1 aliphatic rings. The van der Waals surface area contributed by atoms with Gasteiger partial charge in [0.15, 0.2) is 0 Å². The predicted octanol–water partition coefficient (Wildman–Crippen LogP) is 1.37. The first-order chi connectivity index (χ1) is 6.79. The van der Waals surface area contributed by atoms with Crippen LogP contribution in [-0.4, -0.2) is 23.9 Å². The second-order valence-corrected chi connectivity index (χ2v) is 4.54. The molecular formula is C10H14N2OS. The topological polar surface area (TPSA) is 46.3 Å². The van der Waals surface area contributed by atoms with E-state index in [9.17, 15) is 4.79 Å². The molecule has 14 heavy (non-hydrogen) atoms. The highest BCUT2D eigenvalue weighted by Gasteiger charge is 2.28. The summed E-state index contributed by atoms with van der Waals surface area (Å²) in [5.41, 5.74) is 5.43. The van der Waals surface area contributed by atoms with Gasteiger partial charge in [-0.1, -0.05) is 6.07 Å². The average molecular weight is 210 g/mol. The molecule has 1 aliphatic heterocycles. The van der Waals surface area contributed by atoms with Crippen LogP contribution in [0.2, 0.25) is 0 Å². The average Bonchev–Trinajstić information content (AvgIpc) is 2.75. The van der Waals surface area contributed by atoms with E-state index in [1.54, 1.807) is 11.3 Å². The lowest BCUT2D eigenvalue weighted by Crippen LogP contribution is -2.35. The number of likely N-dealkylation sites (tertiary alicyclic amines) is 1. The van der Waals surface area contributed by atoms with Crippen molar-refractivity contribution in [2.45, 2.75) is 18.9 Å². The van der Waals surface area contributed by atoms with E-state index in [-0.39, 0.29) is 11.9 Å². The number of hydrogen-bond acceptors (Lipinski definition) is 3. The Kier molecular flexibility index (Phi) is 2.84. The molecule has 1 aromatic heterocycles. The van der Waals surface area contributed by atoms with Crippen LogP contribution in [-0.2, 0) is 4.79 Å². The van der Waals surface area contributed by atoms with Crippen molar-refractivity contribution in [2.75, 3.05) is 13.1 Å². The van der Waals surface area contributed by atoms with Gasteiger partial charge in [0.1, 0.15) is 6.04 Å². The SMILES string of the molecule is NC(=O)C(c1cccs1)N1CCCC1.